The largest absolute Gasteiger partial charge is 0.354 e. The van der Waals surface area contributed by atoms with E-state index in [-0.39, 0.29) is 23.7 Å². The summed E-state index contributed by atoms with van der Waals surface area (Å²) in [5.41, 5.74) is 6.84. The molecule has 0 bridgehead atoms. The van der Waals surface area contributed by atoms with Gasteiger partial charge in [-0.1, -0.05) is 36.6 Å². The lowest BCUT2D eigenvalue weighted by molar-refractivity contribution is -0.122. The Balaban J connectivity index is 0.00000200. The van der Waals surface area contributed by atoms with Gasteiger partial charge in [0.2, 0.25) is 5.91 Å². The van der Waals surface area contributed by atoms with Crippen LogP contribution in [0.2, 0.25) is 5.02 Å². The van der Waals surface area contributed by atoms with Crippen LogP contribution in [0.4, 0.5) is 0 Å². The topological polar surface area (TPSA) is 55.1 Å². The number of nitrogens with one attached hydrogen (secondary N) is 1. The Kier molecular flexibility index (Phi) is 6.31. The highest BCUT2D eigenvalue weighted by atomic mass is 35.5. The third kappa shape index (κ3) is 3.87. The SMILES string of the molecule is C[C@H](N)C(=O)NCC1(c2cccc(Cl)c2)CCCC1.Cl. The van der Waals surface area contributed by atoms with Crippen molar-refractivity contribution in [3.63, 3.8) is 0 Å². The number of benzene rings is 1. The van der Waals surface area contributed by atoms with Gasteiger partial charge in [-0.05, 0) is 37.5 Å². The third-order valence-corrected chi connectivity index (χ3v) is 4.25. The summed E-state index contributed by atoms with van der Waals surface area (Å²) >= 11 is 6.09. The van der Waals surface area contributed by atoms with E-state index in [0.29, 0.717) is 6.54 Å². The second-order valence-electron chi connectivity index (χ2n) is 5.50. The number of amides is 1. The van der Waals surface area contributed by atoms with Crippen molar-refractivity contribution in [2.45, 2.75) is 44.1 Å². The highest BCUT2D eigenvalue weighted by Gasteiger charge is 2.36. The second kappa shape index (κ2) is 7.30. The normalized spacial score (nSPS) is 18.1. The van der Waals surface area contributed by atoms with Crippen molar-refractivity contribution < 1.29 is 4.79 Å². The number of rotatable bonds is 4. The highest BCUT2D eigenvalue weighted by Crippen LogP contribution is 2.41. The average Bonchev–Trinajstić information content (AvgIpc) is 2.86. The van der Waals surface area contributed by atoms with Gasteiger partial charge in [0, 0.05) is 17.0 Å². The van der Waals surface area contributed by atoms with Crippen molar-refractivity contribution in [1.82, 2.24) is 5.32 Å². The Morgan fingerprint density at radius 3 is 2.65 bits per heavy atom. The van der Waals surface area contributed by atoms with Crippen LogP contribution in [0.5, 0.6) is 0 Å². The molecule has 1 atom stereocenters. The van der Waals surface area contributed by atoms with Gasteiger partial charge >= 0.3 is 0 Å². The van der Waals surface area contributed by atoms with Crippen molar-refractivity contribution >= 4 is 29.9 Å². The number of hydrogen-bond donors (Lipinski definition) is 2. The zero-order valence-corrected chi connectivity index (χ0v) is 13.3. The molecule has 1 aliphatic carbocycles. The predicted octanol–water partition coefficient (Wildman–Crippen LogP) is 3.04. The minimum absolute atomic E-state index is 0. The zero-order valence-electron chi connectivity index (χ0n) is 11.7. The van der Waals surface area contributed by atoms with E-state index in [1.54, 1.807) is 6.92 Å². The molecular weight excluding hydrogens is 295 g/mol. The maximum atomic E-state index is 11.7. The summed E-state index contributed by atoms with van der Waals surface area (Å²) in [5.74, 6) is -0.0895. The lowest BCUT2D eigenvalue weighted by Crippen LogP contribution is -2.45. The van der Waals surface area contributed by atoms with Gasteiger partial charge in [-0.3, -0.25) is 4.79 Å². The van der Waals surface area contributed by atoms with Crippen LogP contribution < -0.4 is 11.1 Å². The first-order chi connectivity index (χ1) is 9.03. The van der Waals surface area contributed by atoms with E-state index in [1.165, 1.54) is 18.4 Å². The molecule has 1 aromatic rings. The molecule has 1 aliphatic rings. The second-order valence-corrected chi connectivity index (χ2v) is 5.94. The number of nitrogens with two attached hydrogens (primary N) is 1. The summed E-state index contributed by atoms with van der Waals surface area (Å²) < 4.78 is 0. The first-order valence-corrected chi connectivity index (χ1v) is 7.21. The molecule has 0 unspecified atom stereocenters. The van der Waals surface area contributed by atoms with Crippen LogP contribution in [0.15, 0.2) is 24.3 Å². The lowest BCUT2D eigenvalue weighted by atomic mass is 9.79. The molecular formula is C15H22Cl2N2O. The average molecular weight is 317 g/mol. The van der Waals surface area contributed by atoms with Gasteiger partial charge in [-0.2, -0.15) is 0 Å². The van der Waals surface area contributed by atoms with Crippen molar-refractivity contribution in [1.29, 1.82) is 0 Å². The molecule has 0 aliphatic heterocycles. The fourth-order valence-corrected chi connectivity index (χ4v) is 3.05. The molecule has 0 saturated heterocycles. The Bertz CT molecular complexity index is 457. The number of carbonyl (C=O) groups excluding carboxylic acids is 1. The molecule has 3 N–H and O–H groups in total. The highest BCUT2D eigenvalue weighted by molar-refractivity contribution is 6.30. The van der Waals surface area contributed by atoms with Crippen LogP contribution in [0, 0.1) is 0 Å². The molecule has 0 heterocycles. The summed E-state index contributed by atoms with van der Waals surface area (Å²) in [6.07, 6.45) is 4.57. The fourth-order valence-electron chi connectivity index (χ4n) is 2.85. The Labute approximate surface area is 131 Å². The van der Waals surface area contributed by atoms with Gasteiger partial charge in [0.1, 0.15) is 0 Å². The molecule has 1 aromatic carbocycles. The van der Waals surface area contributed by atoms with Crippen LogP contribution >= 0.6 is 24.0 Å². The lowest BCUT2D eigenvalue weighted by Gasteiger charge is -2.30. The van der Waals surface area contributed by atoms with Crippen molar-refractivity contribution in [2.75, 3.05) is 6.54 Å². The monoisotopic (exact) mass is 316 g/mol. The molecule has 0 radical (unpaired) electrons. The maximum absolute atomic E-state index is 11.7. The van der Waals surface area contributed by atoms with Crippen LogP contribution in [0.1, 0.15) is 38.2 Å². The van der Waals surface area contributed by atoms with Gasteiger partial charge < -0.3 is 11.1 Å². The Morgan fingerprint density at radius 1 is 1.45 bits per heavy atom. The summed E-state index contributed by atoms with van der Waals surface area (Å²) in [7, 11) is 0. The summed E-state index contributed by atoms with van der Waals surface area (Å²) in [6, 6.07) is 7.53. The van der Waals surface area contributed by atoms with E-state index in [4.69, 9.17) is 17.3 Å². The zero-order chi connectivity index (χ0) is 13.9. The molecule has 2 rings (SSSR count). The first-order valence-electron chi connectivity index (χ1n) is 6.83. The smallest absolute Gasteiger partial charge is 0.236 e. The van der Waals surface area contributed by atoms with Crippen LogP contribution in [0.3, 0.4) is 0 Å². The minimum atomic E-state index is -0.460. The number of carbonyl (C=O) groups is 1. The molecule has 112 valence electrons. The van der Waals surface area contributed by atoms with Crippen LogP contribution in [-0.4, -0.2) is 18.5 Å². The van der Waals surface area contributed by atoms with E-state index in [1.807, 2.05) is 18.2 Å². The molecule has 0 spiro atoms. The van der Waals surface area contributed by atoms with Gasteiger partial charge in [0.15, 0.2) is 0 Å². The van der Waals surface area contributed by atoms with Gasteiger partial charge in [0.25, 0.3) is 0 Å². The van der Waals surface area contributed by atoms with E-state index < -0.39 is 6.04 Å². The van der Waals surface area contributed by atoms with E-state index in [9.17, 15) is 4.79 Å². The van der Waals surface area contributed by atoms with E-state index >= 15 is 0 Å². The maximum Gasteiger partial charge on any atom is 0.236 e. The molecule has 1 saturated carbocycles. The molecule has 5 heteroatoms. The van der Waals surface area contributed by atoms with Crippen molar-refractivity contribution in [3.8, 4) is 0 Å². The molecule has 1 fully saturated rings. The van der Waals surface area contributed by atoms with Crippen molar-refractivity contribution in [2.24, 2.45) is 5.73 Å². The number of hydrogen-bond acceptors (Lipinski definition) is 2. The van der Waals surface area contributed by atoms with E-state index in [0.717, 1.165) is 17.9 Å². The third-order valence-electron chi connectivity index (χ3n) is 4.01. The van der Waals surface area contributed by atoms with Gasteiger partial charge in [-0.15, -0.1) is 12.4 Å². The van der Waals surface area contributed by atoms with Gasteiger partial charge in [0.05, 0.1) is 6.04 Å². The quantitative estimate of drug-likeness (QED) is 0.897. The van der Waals surface area contributed by atoms with Gasteiger partial charge in [-0.25, -0.2) is 0 Å². The van der Waals surface area contributed by atoms with Crippen molar-refractivity contribution in [3.05, 3.63) is 34.9 Å². The van der Waals surface area contributed by atoms with Crippen LogP contribution in [0.25, 0.3) is 0 Å². The molecule has 20 heavy (non-hydrogen) atoms. The van der Waals surface area contributed by atoms with E-state index in [2.05, 4.69) is 11.4 Å². The first kappa shape index (κ1) is 17.3. The summed E-state index contributed by atoms with van der Waals surface area (Å²) in [5, 5.41) is 3.73. The molecule has 0 aromatic heterocycles. The Hall–Kier alpha value is -0.770. The summed E-state index contributed by atoms with van der Waals surface area (Å²) in [6.45, 7) is 2.35. The standard InChI is InChI=1S/C15H21ClN2O.ClH/c1-11(17)14(19)18-10-15(7-2-3-8-15)12-5-4-6-13(16)9-12;/h4-6,9,11H,2-3,7-8,10,17H2,1H3,(H,18,19);1H/t11-;/m0./s1. The summed E-state index contributed by atoms with van der Waals surface area (Å²) in [4.78, 5) is 11.7. The Morgan fingerprint density at radius 2 is 2.10 bits per heavy atom. The minimum Gasteiger partial charge on any atom is -0.354 e. The number of halogens is 2. The fraction of sp³-hybridized carbons (Fsp3) is 0.533. The molecule has 3 nitrogen and oxygen atoms in total. The van der Waals surface area contributed by atoms with Crippen LogP contribution in [-0.2, 0) is 10.2 Å². The predicted molar refractivity (Wildman–Crippen MR) is 85.5 cm³/mol. The molecule has 1 amide bonds.